The molecular weight excluding hydrogens is 380 g/mol. The number of thiophene rings is 1. The summed E-state index contributed by atoms with van der Waals surface area (Å²) in [5.74, 6) is -0.492. The lowest BCUT2D eigenvalue weighted by molar-refractivity contribution is 0.0530. The summed E-state index contributed by atoms with van der Waals surface area (Å²) in [6.07, 6.45) is 3.42. The molecule has 8 heteroatoms. The molecule has 28 heavy (non-hydrogen) atoms. The van der Waals surface area contributed by atoms with Crippen molar-refractivity contribution in [2.75, 3.05) is 13.7 Å². The zero-order valence-electron chi connectivity index (χ0n) is 15.6. The summed E-state index contributed by atoms with van der Waals surface area (Å²) in [5, 5.41) is 0.396. The van der Waals surface area contributed by atoms with Crippen molar-refractivity contribution in [1.82, 2.24) is 9.97 Å². The molecule has 1 aromatic carbocycles. The Morgan fingerprint density at radius 3 is 2.54 bits per heavy atom. The van der Waals surface area contributed by atoms with Crippen LogP contribution in [0.1, 0.15) is 43.9 Å². The fourth-order valence-electron chi connectivity index (χ4n) is 2.65. The van der Waals surface area contributed by atoms with Crippen LogP contribution in [0.25, 0.3) is 22.4 Å². The van der Waals surface area contributed by atoms with Crippen LogP contribution in [-0.4, -0.2) is 35.6 Å². The molecule has 0 aliphatic rings. The van der Waals surface area contributed by atoms with Gasteiger partial charge in [-0.25, -0.2) is 14.6 Å². The van der Waals surface area contributed by atoms with E-state index in [0.717, 1.165) is 16.9 Å². The van der Waals surface area contributed by atoms with Crippen LogP contribution in [0.15, 0.2) is 29.1 Å². The third kappa shape index (κ3) is 3.86. The number of aromatic nitrogens is 2. The summed E-state index contributed by atoms with van der Waals surface area (Å²) in [4.78, 5) is 44.0. The standard InChI is InChI=1S/C20H18N2O5S/c1-4-27-20(25)16-11(2)15-17(23)21-14(22-18(15)28-16)10-7-12-5-8-13(9-6-12)19(24)26-3/h5-10H,4H2,1-3H3,(H,21,22,23). The van der Waals surface area contributed by atoms with Crippen molar-refractivity contribution in [1.29, 1.82) is 0 Å². The summed E-state index contributed by atoms with van der Waals surface area (Å²) < 4.78 is 9.70. The summed E-state index contributed by atoms with van der Waals surface area (Å²) >= 11 is 1.14. The number of benzene rings is 1. The predicted octanol–water partition coefficient (Wildman–Crippen LogP) is 3.43. The number of carbonyl (C=O) groups excluding carboxylic acids is 2. The Morgan fingerprint density at radius 1 is 1.18 bits per heavy atom. The normalized spacial score (nSPS) is 11.1. The number of aromatic amines is 1. The summed E-state index contributed by atoms with van der Waals surface area (Å²) in [6, 6.07) is 6.82. The Bertz CT molecular complexity index is 1130. The molecule has 144 valence electrons. The minimum absolute atomic E-state index is 0.263. The lowest BCUT2D eigenvalue weighted by atomic mass is 10.1. The first-order valence-corrected chi connectivity index (χ1v) is 9.33. The molecule has 3 aromatic rings. The van der Waals surface area contributed by atoms with Crippen molar-refractivity contribution in [2.24, 2.45) is 0 Å². The molecule has 0 aliphatic carbocycles. The van der Waals surface area contributed by atoms with E-state index in [0.29, 0.717) is 32.0 Å². The van der Waals surface area contributed by atoms with E-state index in [1.807, 2.05) is 0 Å². The summed E-state index contributed by atoms with van der Waals surface area (Å²) in [7, 11) is 1.33. The number of H-pyrrole nitrogens is 1. The minimum Gasteiger partial charge on any atom is -0.465 e. The van der Waals surface area contributed by atoms with Crippen molar-refractivity contribution in [3.63, 3.8) is 0 Å². The van der Waals surface area contributed by atoms with Crippen molar-refractivity contribution in [3.05, 3.63) is 62.0 Å². The van der Waals surface area contributed by atoms with Gasteiger partial charge in [-0.1, -0.05) is 18.2 Å². The maximum Gasteiger partial charge on any atom is 0.348 e. The number of rotatable bonds is 5. The van der Waals surface area contributed by atoms with Gasteiger partial charge in [0.2, 0.25) is 0 Å². The molecule has 3 rings (SSSR count). The topological polar surface area (TPSA) is 98.3 Å². The number of esters is 2. The van der Waals surface area contributed by atoms with Crippen molar-refractivity contribution < 1.29 is 19.1 Å². The zero-order chi connectivity index (χ0) is 20.3. The highest BCUT2D eigenvalue weighted by Crippen LogP contribution is 2.27. The van der Waals surface area contributed by atoms with E-state index >= 15 is 0 Å². The number of methoxy groups -OCH3 is 1. The van der Waals surface area contributed by atoms with Gasteiger partial charge in [0.05, 0.1) is 24.7 Å². The second-order valence-electron chi connectivity index (χ2n) is 5.85. The van der Waals surface area contributed by atoms with E-state index < -0.39 is 11.9 Å². The fraction of sp³-hybridized carbons (Fsp3) is 0.200. The first-order chi connectivity index (χ1) is 13.4. The van der Waals surface area contributed by atoms with Crippen LogP contribution in [0, 0.1) is 6.92 Å². The van der Waals surface area contributed by atoms with Gasteiger partial charge >= 0.3 is 11.9 Å². The highest BCUT2D eigenvalue weighted by Gasteiger charge is 2.19. The molecule has 0 atom stereocenters. The van der Waals surface area contributed by atoms with Gasteiger partial charge in [0.1, 0.15) is 15.5 Å². The molecule has 7 nitrogen and oxygen atoms in total. The van der Waals surface area contributed by atoms with Crippen LogP contribution in [0.3, 0.4) is 0 Å². The first-order valence-electron chi connectivity index (χ1n) is 8.51. The highest BCUT2D eigenvalue weighted by molar-refractivity contribution is 7.20. The van der Waals surface area contributed by atoms with E-state index in [-0.39, 0.29) is 12.2 Å². The van der Waals surface area contributed by atoms with E-state index in [4.69, 9.17) is 4.74 Å². The Kier molecular flexibility index (Phi) is 5.70. The van der Waals surface area contributed by atoms with Crippen LogP contribution in [-0.2, 0) is 9.47 Å². The summed E-state index contributed by atoms with van der Waals surface area (Å²) in [6.45, 7) is 3.70. The summed E-state index contributed by atoms with van der Waals surface area (Å²) in [5.41, 5.74) is 1.54. The molecule has 0 spiro atoms. The molecule has 0 aliphatic heterocycles. The van der Waals surface area contributed by atoms with Crippen molar-refractivity contribution in [3.8, 4) is 0 Å². The molecule has 1 N–H and O–H groups in total. The average molecular weight is 398 g/mol. The largest absolute Gasteiger partial charge is 0.465 e. The third-order valence-electron chi connectivity index (χ3n) is 4.05. The second kappa shape index (κ2) is 8.18. The molecule has 0 saturated carbocycles. The molecule has 2 aromatic heterocycles. The number of hydrogen-bond acceptors (Lipinski definition) is 7. The van der Waals surface area contributed by atoms with Gasteiger partial charge in [-0.05, 0) is 43.2 Å². The molecule has 0 unspecified atom stereocenters. The first kappa shape index (κ1) is 19.5. The average Bonchev–Trinajstić information content (AvgIpc) is 3.03. The molecule has 2 heterocycles. The quantitative estimate of drug-likeness (QED) is 0.661. The Morgan fingerprint density at radius 2 is 1.89 bits per heavy atom. The number of nitrogens with zero attached hydrogens (tertiary/aromatic N) is 1. The van der Waals surface area contributed by atoms with Gasteiger partial charge in [0.25, 0.3) is 5.56 Å². The van der Waals surface area contributed by atoms with Gasteiger partial charge in [0.15, 0.2) is 0 Å². The molecule has 0 saturated heterocycles. The second-order valence-corrected chi connectivity index (χ2v) is 6.85. The SMILES string of the molecule is CCOC(=O)c1sc2nc(C=Cc3ccc(C(=O)OC)cc3)[nH]c(=O)c2c1C. The lowest BCUT2D eigenvalue weighted by Crippen LogP contribution is -2.10. The number of hydrogen-bond donors (Lipinski definition) is 1. The van der Waals surface area contributed by atoms with Crippen molar-refractivity contribution in [2.45, 2.75) is 13.8 Å². The number of aryl methyl sites for hydroxylation is 1. The Balaban J connectivity index is 1.91. The van der Waals surface area contributed by atoms with Crippen LogP contribution >= 0.6 is 11.3 Å². The van der Waals surface area contributed by atoms with E-state index in [1.54, 1.807) is 50.3 Å². The van der Waals surface area contributed by atoms with E-state index in [2.05, 4.69) is 14.7 Å². The van der Waals surface area contributed by atoms with E-state index in [1.165, 1.54) is 7.11 Å². The van der Waals surface area contributed by atoms with Crippen molar-refractivity contribution >= 4 is 45.6 Å². The van der Waals surface area contributed by atoms with Crippen LogP contribution < -0.4 is 5.56 Å². The fourth-order valence-corrected chi connectivity index (χ4v) is 3.74. The maximum absolute atomic E-state index is 12.5. The van der Waals surface area contributed by atoms with E-state index in [9.17, 15) is 14.4 Å². The molecular formula is C20H18N2O5S. The molecule has 0 fully saturated rings. The lowest BCUT2D eigenvalue weighted by Gasteiger charge is -1.99. The van der Waals surface area contributed by atoms with Crippen LogP contribution in [0.4, 0.5) is 0 Å². The Labute approximate surface area is 164 Å². The zero-order valence-corrected chi connectivity index (χ0v) is 16.4. The third-order valence-corrected chi connectivity index (χ3v) is 5.21. The number of fused-ring (bicyclic) bond motifs is 1. The molecule has 0 radical (unpaired) electrons. The Hall–Kier alpha value is -3.26. The number of carbonyl (C=O) groups is 2. The van der Waals surface area contributed by atoms with Gasteiger partial charge < -0.3 is 14.5 Å². The van der Waals surface area contributed by atoms with Crippen LogP contribution in [0.5, 0.6) is 0 Å². The smallest absolute Gasteiger partial charge is 0.348 e. The monoisotopic (exact) mass is 398 g/mol. The maximum atomic E-state index is 12.5. The molecule has 0 amide bonds. The van der Waals surface area contributed by atoms with Gasteiger partial charge in [0, 0.05) is 0 Å². The molecule has 0 bridgehead atoms. The van der Waals surface area contributed by atoms with Crippen LogP contribution in [0.2, 0.25) is 0 Å². The van der Waals surface area contributed by atoms with Gasteiger partial charge in [-0.15, -0.1) is 11.3 Å². The number of ether oxygens (including phenoxy) is 2. The highest BCUT2D eigenvalue weighted by atomic mass is 32.1. The number of nitrogens with one attached hydrogen (secondary N) is 1. The van der Waals surface area contributed by atoms with Gasteiger partial charge in [-0.2, -0.15) is 0 Å². The van der Waals surface area contributed by atoms with Gasteiger partial charge in [-0.3, -0.25) is 4.79 Å². The minimum atomic E-state index is -0.454. The predicted molar refractivity (Wildman–Crippen MR) is 108 cm³/mol.